The van der Waals surface area contributed by atoms with E-state index < -0.39 is 12.3 Å². The number of halogens is 3. The summed E-state index contributed by atoms with van der Waals surface area (Å²) in [5, 5.41) is 3.21. The Bertz CT molecular complexity index is 995. The highest BCUT2D eigenvalue weighted by Crippen LogP contribution is 2.26. The molecule has 9 heteroatoms. The second-order valence-electron chi connectivity index (χ2n) is 5.98. The zero-order valence-electron chi connectivity index (χ0n) is 15.2. The van der Waals surface area contributed by atoms with E-state index >= 15 is 0 Å². The molecule has 0 fully saturated rings. The Morgan fingerprint density at radius 3 is 2.55 bits per heavy atom. The summed E-state index contributed by atoms with van der Waals surface area (Å²) >= 11 is 1.41. The monoisotopic (exact) mass is 419 g/mol. The molecule has 0 aliphatic heterocycles. The molecule has 0 aliphatic carbocycles. The number of aromatic nitrogens is 2. The topological polar surface area (TPSA) is 64.1 Å². The first-order valence-corrected chi connectivity index (χ1v) is 9.45. The van der Waals surface area contributed by atoms with Crippen LogP contribution in [-0.4, -0.2) is 22.2 Å². The van der Waals surface area contributed by atoms with Gasteiger partial charge in [-0.1, -0.05) is 0 Å². The summed E-state index contributed by atoms with van der Waals surface area (Å²) < 4.78 is 40.5. The summed E-state index contributed by atoms with van der Waals surface area (Å²) in [5.41, 5.74) is 2.67. The minimum absolute atomic E-state index is 0.342. The standard InChI is InChI=1S/C20H16F3N3O2S/c1-13-11-14(8-10-24-13)12-29-19-17(3-2-9-25-19)18(27)26-15-4-6-16(7-5-15)28-20(21,22)23/h2-11H,12H2,1H3,(H,26,27). The largest absolute Gasteiger partial charge is 0.573 e. The lowest BCUT2D eigenvalue weighted by Crippen LogP contribution is -2.17. The van der Waals surface area contributed by atoms with E-state index in [1.807, 2.05) is 19.1 Å². The van der Waals surface area contributed by atoms with Gasteiger partial charge < -0.3 is 10.1 Å². The Morgan fingerprint density at radius 1 is 1.10 bits per heavy atom. The van der Waals surface area contributed by atoms with Crippen LogP contribution in [0, 0.1) is 6.92 Å². The molecular weight excluding hydrogens is 403 g/mol. The number of nitrogens with zero attached hydrogens (tertiary/aromatic N) is 2. The van der Waals surface area contributed by atoms with E-state index in [2.05, 4.69) is 20.0 Å². The average molecular weight is 419 g/mol. The lowest BCUT2D eigenvalue weighted by Gasteiger charge is -2.11. The molecule has 29 heavy (non-hydrogen) atoms. The van der Waals surface area contributed by atoms with Crippen LogP contribution < -0.4 is 10.1 Å². The van der Waals surface area contributed by atoms with Gasteiger partial charge >= 0.3 is 6.36 Å². The average Bonchev–Trinajstić information content (AvgIpc) is 2.67. The highest BCUT2D eigenvalue weighted by Gasteiger charge is 2.31. The molecule has 2 aromatic heterocycles. The molecule has 1 amide bonds. The molecule has 0 atom stereocenters. The molecule has 3 rings (SSSR count). The van der Waals surface area contributed by atoms with E-state index in [1.54, 1.807) is 24.5 Å². The van der Waals surface area contributed by atoms with E-state index in [9.17, 15) is 18.0 Å². The fraction of sp³-hybridized carbons (Fsp3) is 0.150. The number of hydrogen-bond acceptors (Lipinski definition) is 5. The molecule has 2 heterocycles. The summed E-state index contributed by atoms with van der Waals surface area (Å²) in [6.07, 6.45) is -1.44. The van der Waals surface area contributed by atoms with Crippen LogP contribution in [0.4, 0.5) is 18.9 Å². The Hall–Kier alpha value is -3.07. The zero-order chi connectivity index (χ0) is 20.9. The van der Waals surface area contributed by atoms with Crippen LogP contribution in [0.25, 0.3) is 0 Å². The molecule has 3 aromatic rings. The van der Waals surface area contributed by atoms with E-state index in [1.165, 1.54) is 23.9 Å². The Balaban J connectivity index is 1.68. The first-order chi connectivity index (χ1) is 13.8. The molecule has 0 aliphatic rings. The van der Waals surface area contributed by atoms with Crippen LogP contribution >= 0.6 is 11.8 Å². The molecule has 0 saturated carbocycles. The van der Waals surface area contributed by atoms with E-state index in [0.29, 0.717) is 22.0 Å². The van der Waals surface area contributed by atoms with Crippen LogP contribution in [0.5, 0.6) is 5.75 Å². The van der Waals surface area contributed by atoms with Gasteiger partial charge in [-0.3, -0.25) is 9.78 Å². The molecule has 0 bridgehead atoms. The third kappa shape index (κ3) is 6.21. The van der Waals surface area contributed by atoms with Gasteiger partial charge in [0.2, 0.25) is 0 Å². The molecule has 0 radical (unpaired) electrons. The number of ether oxygens (including phenoxy) is 1. The predicted octanol–water partition coefficient (Wildman–Crippen LogP) is 5.23. The fourth-order valence-electron chi connectivity index (χ4n) is 2.46. The molecule has 1 aromatic carbocycles. The van der Waals surface area contributed by atoms with Crippen molar-refractivity contribution in [3.63, 3.8) is 0 Å². The number of carbonyl (C=O) groups is 1. The van der Waals surface area contributed by atoms with E-state index in [4.69, 9.17) is 0 Å². The lowest BCUT2D eigenvalue weighted by atomic mass is 10.2. The maximum absolute atomic E-state index is 12.6. The number of hydrogen-bond donors (Lipinski definition) is 1. The van der Waals surface area contributed by atoms with Crippen molar-refractivity contribution in [3.05, 3.63) is 77.7 Å². The SMILES string of the molecule is Cc1cc(CSc2ncccc2C(=O)Nc2ccc(OC(F)(F)F)cc2)ccn1. The van der Waals surface area contributed by atoms with Gasteiger partial charge in [0, 0.05) is 29.5 Å². The first kappa shape index (κ1) is 20.7. The van der Waals surface area contributed by atoms with Gasteiger partial charge in [0.1, 0.15) is 10.8 Å². The second-order valence-corrected chi connectivity index (χ2v) is 6.94. The molecule has 150 valence electrons. The predicted molar refractivity (Wildman–Crippen MR) is 104 cm³/mol. The highest BCUT2D eigenvalue weighted by molar-refractivity contribution is 7.98. The number of aryl methyl sites for hydroxylation is 1. The van der Waals surface area contributed by atoms with Crippen molar-refractivity contribution < 1.29 is 22.7 Å². The van der Waals surface area contributed by atoms with Crippen LogP contribution in [0.3, 0.4) is 0 Å². The molecule has 0 saturated heterocycles. The summed E-state index contributed by atoms with van der Waals surface area (Å²) in [6, 6.07) is 12.1. The number of nitrogens with one attached hydrogen (secondary N) is 1. The van der Waals surface area contributed by atoms with E-state index in [0.717, 1.165) is 23.4 Å². The summed E-state index contributed by atoms with van der Waals surface area (Å²) in [4.78, 5) is 21.1. The maximum Gasteiger partial charge on any atom is 0.573 e. The molecular formula is C20H16F3N3O2S. The van der Waals surface area contributed by atoms with E-state index in [-0.39, 0.29) is 5.75 Å². The third-order valence-electron chi connectivity index (χ3n) is 3.70. The van der Waals surface area contributed by atoms with Crippen LogP contribution in [0.2, 0.25) is 0 Å². The normalized spacial score (nSPS) is 11.2. The number of benzene rings is 1. The van der Waals surface area contributed by atoms with Crippen molar-refractivity contribution in [1.82, 2.24) is 9.97 Å². The number of alkyl halides is 3. The van der Waals surface area contributed by atoms with Gasteiger partial charge in [0.15, 0.2) is 0 Å². The van der Waals surface area contributed by atoms with Crippen molar-refractivity contribution in [2.24, 2.45) is 0 Å². The van der Waals surface area contributed by atoms with Crippen molar-refractivity contribution in [2.45, 2.75) is 24.1 Å². The first-order valence-electron chi connectivity index (χ1n) is 8.47. The van der Waals surface area contributed by atoms with Gasteiger partial charge in [-0.25, -0.2) is 4.98 Å². The van der Waals surface area contributed by atoms with Crippen molar-refractivity contribution in [2.75, 3.05) is 5.32 Å². The Labute approximate surface area is 169 Å². The summed E-state index contributed by atoms with van der Waals surface area (Å²) in [5.74, 6) is -0.152. The van der Waals surface area contributed by atoms with Gasteiger partial charge in [0.25, 0.3) is 5.91 Å². The zero-order valence-corrected chi connectivity index (χ0v) is 16.1. The molecule has 1 N–H and O–H groups in total. The van der Waals surface area contributed by atoms with Gasteiger partial charge in [-0.05, 0) is 61.0 Å². The Kier molecular flexibility index (Phi) is 6.38. The number of pyridine rings is 2. The summed E-state index contributed by atoms with van der Waals surface area (Å²) in [7, 11) is 0. The Morgan fingerprint density at radius 2 is 1.86 bits per heavy atom. The maximum atomic E-state index is 12.6. The van der Waals surface area contributed by atoms with Crippen LogP contribution in [0.15, 0.2) is 66.0 Å². The molecule has 5 nitrogen and oxygen atoms in total. The molecule has 0 unspecified atom stereocenters. The van der Waals surface area contributed by atoms with Crippen molar-refractivity contribution in [3.8, 4) is 5.75 Å². The van der Waals surface area contributed by atoms with Gasteiger partial charge in [-0.2, -0.15) is 0 Å². The smallest absolute Gasteiger partial charge is 0.406 e. The minimum atomic E-state index is -4.76. The number of thioether (sulfide) groups is 1. The third-order valence-corrected chi connectivity index (χ3v) is 4.77. The highest BCUT2D eigenvalue weighted by atomic mass is 32.2. The fourth-order valence-corrected chi connectivity index (χ4v) is 3.40. The van der Waals surface area contributed by atoms with Crippen molar-refractivity contribution in [1.29, 1.82) is 0 Å². The van der Waals surface area contributed by atoms with Crippen LogP contribution in [-0.2, 0) is 5.75 Å². The van der Waals surface area contributed by atoms with Gasteiger partial charge in [0.05, 0.1) is 5.56 Å². The minimum Gasteiger partial charge on any atom is -0.406 e. The van der Waals surface area contributed by atoms with Crippen LogP contribution in [0.1, 0.15) is 21.6 Å². The quantitative estimate of drug-likeness (QED) is 0.555. The summed E-state index contributed by atoms with van der Waals surface area (Å²) in [6.45, 7) is 1.90. The number of carbonyl (C=O) groups excluding carboxylic acids is 1. The second kappa shape index (κ2) is 8.95. The number of amides is 1. The van der Waals surface area contributed by atoms with Crippen molar-refractivity contribution >= 4 is 23.4 Å². The number of anilines is 1. The van der Waals surface area contributed by atoms with Gasteiger partial charge in [-0.15, -0.1) is 24.9 Å². The lowest BCUT2D eigenvalue weighted by molar-refractivity contribution is -0.274. The molecule has 0 spiro atoms. The number of rotatable bonds is 6.